The molecule has 3 aromatic rings. The van der Waals surface area contributed by atoms with Crippen LogP contribution in [0.4, 0.5) is 0 Å². The molecule has 0 spiro atoms. The first kappa shape index (κ1) is 34.1. The van der Waals surface area contributed by atoms with E-state index in [0.717, 1.165) is 6.42 Å². The van der Waals surface area contributed by atoms with Gasteiger partial charge in [-0.2, -0.15) is 0 Å². The molecule has 3 aromatic carbocycles. The van der Waals surface area contributed by atoms with E-state index in [0.29, 0.717) is 11.8 Å². The van der Waals surface area contributed by atoms with Crippen LogP contribution in [0.15, 0.2) is 83.0 Å². The predicted octanol–water partition coefficient (Wildman–Crippen LogP) is 15.4. The first-order chi connectivity index (χ1) is 25.6. The van der Waals surface area contributed by atoms with Crippen molar-refractivity contribution in [3.63, 3.8) is 0 Å². The van der Waals surface area contributed by atoms with Crippen molar-refractivity contribution in [3.05, 3.63) is 116 Å². The largest absolute Gasteiger partial charge is 0.0836 e. The molecule has 268 valence electrons. The highest BCUT2D eigenvalue weighted by Crippen LogP contribution is 2.61. The van der Waals surface area contributed by atoms with E-state index in [2.05, 4.69) is 88.4 Å². The smallest absolute Gasteiger partial charge is 0.0206 e. The maximum absolute atomic E-state index is 2.73. The summed E-state index contributed by atoms with van der Waals surface area (Å²) in [5.41, 5.74) is 22.4. The second-order valence-electron chi connectivity index (χ2n) is 17.2. The fourth-order valence-corrected chi connectivity index (χ4v) is 11.3. The van der Waals surface area contributed by atoms with Gasteiger partial charge >= 0.3 is 0 Å². The molecule has 2 unspecified atom stereocenters. The maximum atomic E-state index is 2.73. The average Bonchev–Trinajstić information content (AvgIpc) is 3.65. The lowest BCUT2D eigenvalue weighted by molar-refractivity contribution is 0.607. The summed E-state index contributed by atoms with van der Waals surface area (Å²) in [7, 11) is 0. The van der Waals surface area contributed by atoms with Gasteiger partial charge in [0.15, 0.2) is 0 Å². The van der Waals surface area contributed by atoms with Crippen LogP contribution in [-0.2, 0) is 12.8 Å². The van der Waals surface area contributed by atoms with Crippen LogP contribution in [-0.4, -0.2) is 0 Å². The van der Waals surface area contributed by atoms with Gasteiger partial charge in [0.1, 0.15) is 0 Å². The Labute approximate surface area is 314 Å². The van der Waals surface area contributed by atoms with Gasteiger partial charge < -0.3 is 0 Å². The van der Waals surface area contributed by atoms with Crippen LogP contribution in [0.25, 0.3) is 43.8 Å². The fourth-order valence-electron chi connectivity index (χ4n) is 11.3. The van der Waals surface area contributed by atoms with E-state index >= 15 is 0 Å². The molecule has 0 aliphatic heterocycles. The molecule has 52 heavy (non-hydrogen) atoms. The normalized spacial score (nSPS) is 20.9. The number of hydrogen-bond acceptors (Lipinski definition) is 0. The summed E-state index contributed by atoms with van der Waals surface area (Å²) in [6.07, 6.45) is 38.6. The van der Waals surface area contributed by atoms with Gasteiger partial charge in [0.05, 0.1) is 0 Å². The topological polar surface area (TPSA) is 0 Å². The molecule has 2 atom stereocenters. The first-order valence-corrected chi connectivity index (χ1v) is 21.6. The minimum absolute atomic E-state index is 0.454. The van der Waals surface area contributed by atoms with Crippen molar-refractivity contribution < 1.29 is 0 Å². The number of hydrogen-bond donors (Lipinski definition) is 0. The van der Waals surface area contributed by atoms with Crippen LogP contribution in [0.5, 0.6) is 0 Å². The highest BCUT2D eigenvalue weighted by atomic mass is 14.5. The lowest BCUT2D eigenvalue weighted by Crippen LogP contribution is -2.22. The molecule has 0 aromatic heterocycles. The van der Waals surface area contributed by atoms with E-state index in [4.69, 9.17) is 0 Å². The van der Waals surface area contributed by atoms with Crippen LogP contribution in [0.3, 0.4) is 0 Å². The third-order valence-electron chi connectivity index (χ3n) is 13.7. The van der Waals surface area contributed by atoms with Crippen molar-refractivity contribution >= 4 is 43.8 Å². The third kappa shape index (κ3) is 5.61. The van der Waals surface area contributed by atoms with Crippen molar-refractivity contribution in [1.82, 2.24) is 0 Å². The van der Waals surface area contributed by atoms with E-state index in [1.54, 1.807) is 77.4 Å². The van der Waals surface area contributed by atoms with E-state index in [-0.39, 0.29) is 0 Å². The molecule has 6 aliphatic carbocycles. The van der Waals surface area contributed by atoms with Crippen molar-refractivity contribution in [2.45, 2.75) is 143 Å². The molecule has 0 saturated carbocycles. The van der Waals surface area contributed by atoms with E-state index in [1.165, 1.54) is 131 Å². The SMILES string of the molecule is CCCCCCCCc1c2c(c(CCCCCCCC)c3c1cc1c4c(cccc43)C3=C1CCC=C3)C1=CC3=C(C=C(C)CC3)C3C=C(C)C=C2C13. The van der Waals surface area contributed by atoms with Crippen molar-refractivity contribution in [2.75, 3.05) is 0 Å². The van der Waals surface area contributed by atoms with Gasteiger partial charge in [-0.15, -0.1) is 0 Å². The molecular formula is C52H60. The van der Waals surface area contributed by atoms with E-state index in [9.17, 15) is 0 Å². The quantitative estimate of drug-likeness (QED) is 0.117. The Kier molecular flexibility index (Phi) is 9.39. The summed E-state index contributed by atoms with van der Waals surface area (Å²) in [5.74, 6) is 0.916. The molecule has 0 fully saturated rings. The minimum Gasteiger partial charge on any atom is -0.0836 e. The highest BCUT2D eigenvalue weighted by molar-refractivity contribution is 6.25. The average molecular weight is 685 g/mol. The lowest BCUT2D eigenvalue weighted by Gasteiger charge is -2.35. The Balaban J connectivity index is 1.31. The summed E-state index contributed by atoms with van der Waals surface area (Å²) < 4.78 is 0. The van der Waals surface area contributed by atoms with Gasteiger partial charge in [-0.3, -0.25) is 0 Å². The second kappa shape index (κ2) is 14.3. The Bertz CT molecular complexity index is 2180. The number of aryl methyl sites for hydroxylation is 2. The molecule has 0 N–H and O–H groups in total. The molecule has 0 heteroatoms. The highest BCUT2D eigenvalue weighted by Gasteiger charge is 2.45. The number of allylic oxidation sites excluding steroid dienone is 14. The standard InChI is InChI=1S/C52H60/c1-5-7-9-11-13-15-22-39-45-32-44-37-21-18-17-20-36(37)38-24-19-25-40(48(38)44)49(45)41(23-16-14-12-10-8-6-2)52-47-31-35-27-26-33(3)28-42(35)43-29-34(4)30-46(50(43)47)51(39)52/h17,19-20,24-25,28-32,43,50H,5-16,18,21-23,26-27H2,1-4H3. The summed E-state index contributed by atoms with van der Waals surface area (Å²) in [4.78, 5) is 0. The summed E-state index contributed by atoms with van der Waals surface area (Å²) >= 11 is 0. The van der Waals surface area contributed by atoms with Gasteiger partial charge in [-0.1, -0.05) is 144 Å². The minimum atomic E-state index is 0.454. The van der Waals surface area contributed by atoms with Crippen molar-refractivity contribution in [2.24, 2.45) is 11.8 Å². The zero-order valence-corrected chi connectivity index (χ0v) is 32.7. The Morgan fingerprint density at radius 3 is 2.15 bits per heavy atom. The van der Waals surface area contributed by atoms with E-state index in [1.807, 2.05) is 0 Å². The molecule has 0 saturated heterocycles. The number of fused-ring (bicyclic) bond motifs is 8. The number of rotatable bonds is 14. The monoisotopic (exact) mass is 684 g/mol. The fraction of sp³-hybridized carbons (Fsp3) is 0.462. The van der Waals surface area contributed by atoms with Crippen LogP contribution in [0.2, 0.25) is 0 Å². The van der Waals surface area contributed by atoms with Crippen LogP contribution in [0, 0.1) is 11.8 Å². The molecular weight excluding hydrogens is 625 g/mol. The Morgan fingerprint density at radius 2 is 1.37 bits per heavy atom. The van der Waals surface area contributed by atoms with Gasteiger partial charge in [-0.25, -0.2) is 0 Å². The zero-order chi connectivity index (χ0) is 35.3. The Morgan fingerprint density at radius 1 is 0.654 bits per heavy atom. The van der Waals surface area contributed by atoms with Gasteiger partial charge in [-0.05, 0) is 160 Å². The van der Waals surface area contributed by atoms with Gasteiger partial charge in [0, 0.05) is 11.8 Å². The predicted molar refractivity (Wildman–Crippen MR) is 228 cm³/mol. The summed E-state index contributed by atoms with van der Waals surface area (Å²) in [6, 6.07) is 10.0. The van der Waals surface area contributed by atoms with Crippen molar-refractivity contribution in [1.29, 1.82) is 0 Å². The molecule has 0 nitrogen and oxygen atoms in total. The van der Waals surface area contributed by atoms with Gasteiger partial charge in [0.2, 0.25) is 0 Å². The lowest BCUT2D eigenvalue weighted by atomic mass is 9.68. The maximum Gasteiger partial charge on any atom is 0.0206 e. The third-order valence-corrected chi connectivity index (χ3v) is 13.7. The summed E-state index contributed by atoms with van der Waals surface area (Å²) in [5, 5.41) is 6.27. The van der Waals surface area contributed by atoms with Gasteiger partial charge in [0.25, 0.3) is 0 Å². The van der Waals surface area contributed by atoms with Crippen LogP contribution in [0.1, 0.15) is 164 Å². The molecule has 0 amide bonds. The molecule has 0 bridgehead atoms. The zero-order valence-electron chi connectivity index (χ0n) is 32.7. The van der Waals surface area contributed by atoms with Crippen molar-refractivity contribution in [3.8, 4) is 0 Å². The second-order valence-corrected chi connectivity index (χ2v) is 17.2. The first-order valence-electron chi connectivity index (χ1n) is 21.6. The molecule has 0 radical (unpaired) electrons. The van der Waals surface area contributed by atoms with E-state index < -0.39 is 0 Å². The van der Waals surface area contributed by atoms with Crippen LogP contribution >= 0.6 is 0 Å². The molecule has 6 aliphatic rings. The molecule has 9 rings (SSSR count). The Hall–Kier alpha value is -3.64. The summed E-state index contributed by atoms with van der Waals surface area (Å²) in [6.45, 7) is 9.41. The van der Waals surface area contributed by atoms with Crippen LogP contribution < -0.4 is 0 Å². The molecule has 0 heterocycles. The number of benzene rings is 3. The number of unbranched alkanes of at least 4 members (excludes halogenated alkanes) is 10.